The van der Waals surface area contributed by atoms with Crippen LogP contribution in [0.25, 0.3) is 38.7 Å². The third-order valence-electron chi connectivity index (χ3n) is 7.67. The number of alkyl halides is 2. The normalized spacial score (nSPS) is 17.4. The fourth-order valence-corrected chi connectivity index (χ4v) is 6.41. The smallest absolute Gasteiger partial charge is 0.468 e. The van der Waals surface area contributed by atoms with Gasteiger partial charge in [0.25, 0.3) is 6.04 Å². The number of benzene rings is 3. The van der Waals surface area contributed by atoms with E-state index in [0.717, 1.165) is 12.3 Å². The van der Waals surface area contributed by atoms with Gasteiger partial charge in [0.05, 0.1) is 22.9 Å². The van der Waals surface area contributed by atoms with Crippen molar-refractivity contribution in [2.75, 3.05) is 6.26 Å². The van der Waals surface area contributed by atoms with Gasteiger partial charge in [0, 0.05) is 42.5 Å². The van der Waals surface area contributed by atoms with Crippen LogP contribution in [0.1, 0.15) is 42.3 Å². The Balaban J connectivity index is 1.59. The highest BCUT2D eigenvalue weighted by Crippen LogP contribution is 2.45. The lowest BCUT2D eigenvalue weighted by Gasteiger charge is -2.16. The number of rotatable bonds is 7. The summed E-state index contributed by atoms with van der Waals surface area (Å²) in [6.07, 6.45) is -3.44. The number of nitrogens with zero attached hydrogens (tertiary/aromatic N) is 3. The molecule has 1 aromatic heterocycles. The predicted molar refractivity (Wildman–Crippen MR) is 161 cm³/mol. The van der Waals surface area contributed by atoms with Crippen LogP contribution >= 0.6 is 0 Å². The molecule has 14 heteroatoms. The molecular formula is C32H27F3N4O6S. The number of aromatic nitrogens is 2. The lowest BCUT2D eigenvalue weighted by molar-refractivity contribution is -0.286. The van der Waals surface area contributed by atoms with E-state index in [2.05, 4.69) is 24.7 Å². The van der Waals surface area contributed by atoms with Crippen LogP contribution in [0.15, 0.2) is 59.5 Å². The quantitative estimate of drug-likeness (QED) is 0.238. The number of hydrogen-bond donors (Lipinski definition) is 2. The molecule has 0 saturated heterocycles. The average molecular weight is 653 g/mol. The molecule has 2 aliphatic rings. The predicted octanol–water partition coefficient (Wildman–Crippen LogP) is 5.88. The maximum absolute atomic E-state index is 15.2. The van der Waals surface area contributed by atoms with Crippen molar-refractivity contribution in [3.8, 4) is 33.9 Å². The first-order chi connectivity index (χ1) is 21.7. The highest BCUT2D eigenvalue weighted by Gasteiger charge is 2.43. The second kappa shape index (κ2) is 11.1. The molecule has 0 aliphatic carbocycles. The van der Waals surface area contributed by atoms with Gasteiger partial charge in [-0.05, 0) is 60.5 Å². The topological polar surface area (TPSA) is 116 Å². The Hall–Kier alpha value is -5.00. The van der Waals surface area contributed by atoms with Gasteiger partial charge < -0.3 is 29.5 Å². The molecule has 46 heavy (non-hydrogen) atoms. The summed E-state index contributed by atoms with van der Waals surface area (Å²) in [6.45, 7) is 10.1. The maximum Gasteiger partial charge on any atom is 0.586 e. The van der Waals surface area contributed by atoms with Gasteiger partial charge >= 0.3 is 6.29 Å². The van der Waals surface area contributed by atoms with Crippen molar-refractivity contribution in [3.63, 3.8) is 0 Å². The zero-order valence-corrected chi connectivity index (χ0v) is 25.7. The number of aliphatic hydroxyl groups excluding tert-OH is 1. The second-order valence-electron chi connectivity index (χ2n) is 10.9. The Morgan fingerprint density at radius 3 is 2.48 bits per heavy atom. The lowest BCUT2D eigenvalue weighted by atomic mass is 9.94. The van der Waals surface area contributed by atoms with Gasteiger partial charge in [0.1, 0.15) is 11.5 Å². The molecule has 2 aliphatic heterocycles. The number of halogens is 3. The summed E-state index contributed by atoms with van der Waals surface area (Å²) in [4.78, 5) is 3.22. The Kier molecular flexibility index (Phi) is 7.49. The van der Waals surface area contributed by atoms with Crippen molar-refractivity contribution in [3.05, 3.63) is 94.2 Å². The zero-order valence-electron chi connectivity index (χ0n) is 24.9. The van der Waals surface area contributed by atoms with Crippen molar-refractivity contribution in [2.24, 2.45) is 7.05 Å². The minimum atomic E-state index is -3.91. The van der Waals surface area contributed by atoms with Gasteiger partial charge in [-0.3, -0.25) is 4.68 Å². The van der Waals surface area contributed by atoms with Gasteiger partial charge in [0.2, 0.25) is 0 Å². The molecular weight excluding hydrogens is 625 g/mol. The van der Waals surface area contributed by atoms with E-state index in [1.165, 1.54) is 18.2 Å². The summed E-state index contributed by atoms with van der Waals surface area (Å²) in [5.74, 6) is -0.870. The average Bonchev–Trinajstić information content (AvgIpc) is 3.67. The van der Waals surface area contributed by atoms with Crippen LogP contribution in [-0.2, 0) is 28.2 Å². The van der Waals surface area contributed by atoms with E-state index in [1.807, 2.05) is 0 Å². The highest BCUT2D eigenvalue weighted by atomic mass is 32.2. The van der Waals surface area contributed by atoms with Gasteiger partial charge in [-0.15, -0.1) is 8.78 Å². The summed E-state index contributed by atoms with van der Waals surface area (Å²) >= 11 is 0. The van der Waals surface area contributed by atoms with E-state index in [0.29, 0.717) is 45.1 Å². The molecule has 2 atom stereocenters. The number of aryl methyl sites for hydroxylation is 1. The van der Waals surface area contributed by atoms with E-state index in [4.69, 9.17) is 11.3 Å². The van der Waals surface area contributed by atoms with Crippen LogP contribution in [0.2, 0.25) is 0 Å². The molecule has 3 aromatic carbocycles. The third kappa shape index (κ3) is 5.52. The summed E-state index contributed by atoms with van der Waals surface area (Å²) in [6, 6.07) is 13.1. The second-order valence-corrected chi connectivity index (χ2v) is 12.9. The molecule has 0 saturated carbocycles. The number of sulfone groups is 1. The van der Waals surface area contributed by atoms with Crippen molar-refractivity contribution in [2.45, 2.75) is 43.9 Å². The molecule has 3 heterocycles. The first-order valence-electron chi connectivity index (χ1n) is 14.0. The number of fused-ring (bicyclic) bond motifs is 1. The molecule has 6 rings (SSSR count). The molecule has 2 unspecified atom stereocenters. The fourth-order valence-electron chi connectivity index (χ4n) is 5.46. The maximum atomic E-state index is 15.2. The number of aliphatic hydroxyl groups is 1. The Morgan fingerprint density at radius 1 is 1.07 bits per heavy atom. The molecule has 0 radical (unpaired) electrons. The fraction of sp³-hybridized carbons (Fsp3) is 0.250. The number of hydrogen-bond acceptors (Lipinski definition) is 8. The van der Waals surface area contributed by atoms with Gasteiger partial charge in [0.15, 0.2) is 33.3 Å². The minimum Gasteiger partial charge on any atom is -0.468 e. The molecule has 10 nitrogen and oxygen atoms in total. The molecule has 0 spiro atoms. The van der Waals surface area contributed by atoms with E-state index >= 15 is 4.39 Å². The van der Waals surface area contributed by atoms with Crippen molar-refractivity contribution < 1.29 is 40.9 Å². The van der Waals surface area contributed by atoms with Crippen LogP contribution in [0, 0.1) is 12.4 Å². The zero-order chi connectivity index (χ0) is 33.1. The number of ether oxygens (including phenoxy) is 3. The molecule has 238 valence electrons. The number of nitrogens with one attached hydrogen (secondary N) is 1. The van der Waals surface area contributed by atoms with E-state index in [-0.39, 0.29) is 27.5 Å². The molecule has 0 bridgehead atoms. The first-order valence-corrected chi connectivity index (χ1v) is 15.8. The lowest BCUT2D eigenvalue weighted by Crippen LogP contribution is -2.25. The SMILES string of the molecule is [C-]#[N+]C(C)c1cc(-c2ccc(-c3cc(F)c(CO)c(S(C)(=O)=O)c3)cc2C2=C(c3ccc4c(c3)OC(F)(F)O4)NC(C)O2)n(C)n1. The van der Waals surface area contributed by atoms with Crippen LogP contribution in [0.4, 0.5) is 13.2 Å². The van der Waals surface area contributed by atoms with Crippen LogP contribution in [-0.4, -0.2) is 42.1 Å². The van der Waals surface area contributed by atoms with Crippen LogP contribution < -0.4 is 14.8 Å². The standard InChI is InChI=1S/C32H27F3N4O6S/c1-16(36-3)25-14-26(39(4)38-25)21-8-6-18(20-11-24(33)23(15-40)29(13-20)46(5,41)42)10-22(21)31-30(37-17(2)43-31)19-7-9-27-28(12-19)45-32(34,35)44-27/h6-14,16-17,37,40H,15H2,1-2,4-5H3. The molecule has 0 fully saturated rings. The summed E-state index contributed by atoms with van der Waals surface area (Å²) in [5, 5.41) is 17.4. The minimum absolute atomic E-state index is 0.128. The van der Waals surface area contributed by atoms with Crippen molar-refractivity contribution >= 4 is 21.3 Å². The Labute approximate surface area is 262 Å². The third-order valence-corrected chi connectivity index (χ3v) is 8.83. The summed E-state index contributed by atoms with van der Waals surface area (Å²) in [7, 11) is -2.19. The van der Waals surface area contributed by atoms with Crippen LogP contribution in [0.3, 0.4) is 0 Å². The Morgan fingerprint density at radius 2 is 1.78 bits per heavy atom. The van der Waals surface area contributed by atoms with Crippen molar-refractivity contribution in [1.82, 2.24) is 15.1 Å². The first kappa shape index (κ1) is 31.0. The molecule has 4 aromatic rings. The van der Waals surface area contributed by atoms with Gasteiger partial charge in [-0.25, -0.2) is 19.4 Å². The van der Waals surface area contributed by atoms with Crippen molar-refractivity contribution in [1.29, 1.82) is 0 Å². The van der Waals surface area contributed by atoms with E-state index in [9.17, 15) is 22.3 Å². The Bertz CT molecular complexity index is 2090. The van der Waals surface area contributed by atoms with Gasteiger partial charge in [-0.1, -0.05) is 12.1 Å². The largest absolute Gasteiger partial charge is 0.586 e. The van der Waals surface area contributed by atoms with E-state index < -0.39 is 40.8 Å². The molecule has 2 N–H and O–H groups in total. The van der Waals surface area contributed by atoms with Gasteiger partial charge in [-0.2, -0.15) is 5.10 Å². The summed E-state index contributed by atoms with van der Waals surface area (Å²) in [5.41, 5.74) is 3.42. The highest BCUT2D eigenvalue weighted by molar-refractivity contribution is 7.90. The summed E-state index contributed by atoms with van der Waals surface area (Å²) < 4.78 is 84.9. The molecule has 0 amide bonds. The van der Waals surface area contributed by atoms with E-state index in [1.54, 1.807) is 55.9 Å². The van der Waals surface area contributed by atoms with Crippen LogP contribution in [0.5, 0.6) is 11.5 Å². The monoisotopic (exact) mass is 652 g/mol.